The summed E-state index contributed by atoms with van der Waals surface area (Å²) in [6.07, 6.45) is 0.524. The molecule has 1 amide bonds. The molecule has 156 valence electrons. The summed E-state index contributed by atoms with van der Waals surface area (Å²) >= 11 is 0. The highest BCUT2D eigenvalue weighted by Gasteiger charge is 2.22. The summed E-state index contributed by atoms with van der Waals surface area (Å²) in [4.78, 5) is 23.8. The molecule has 0 aliphatic rings. The minimum Gasteiger partial charge on any atom is -0.460 e. The van der Waals surface area contributed by atoms with Gasteiger partial charge in [0, 0.05) is 5.69 Å². The van der Waals surface area contributed by atoms with Gasteiger partial charge in [-0.2, -0.15) is 0 Å². The molecule has 2 aromatic carbocycles. The topological polar surface area (TPSA) is 64.6 Å². The molecule has 1 N–H and O–H groups in total. The summed E-state index contributed by atoms with van der Waals surface area (Å²) < 4.78 is 10.6. The number of esters is 1. The molecular weight excluding hydrogens is 366 g/mol. The third kappa shape index (κ3) is 7.98. The van der Waals surface area contributed by atoms with Gasteiger partial charge < -0.3 is 9.47 Å². The summed E-state index contributed by atoms with van der Waals surface area (Å²) in [6.45, 7) is 10.2. The Labute approximate surface area is 173 Å². The molecule has 0 atom stereocenters. The maximum absolute atomic E-state index is 12.0. The van der Waals surface area contributed by atoms with Crippen molar-refractivity contribution in [1.82, 2.24) is 0 Å². The maximum atomic E-state index is 12.0. The van der Waals surface area contributed by atoms with Crippen LogP contribution in [0.1, 0.15) is 51.3 Å². The quantitative estimate of drug-likeness (QED) is 0.607. The van der Waals surface area contributed by atoms with Crippen molar-refractivity contribution in [3.63, 3.8) is 0 Å². The van der Waals surface area contributed by atoms with E-state index in [1.54, 1.807) is 24.3 Å². The molecule has 0 radical (unpaired) electrons. The van der Waals surface area contributed by atoms with Crippen LogP contribution in [-0.4, -0.2) is 12.1 Å². The normalized spacial score (nSPS) is 11.2. The van der Waals surface area contributed by atoms with Gasteiger partial charge in [-0.3, -0.25) is 10.1 Å². The zero-order valence-electron chi connectivity index (χ0n) is 18.0. The van der Waals surface area contributed by atoms with Crippen molar-refractivity contribution in [3.8, 4) is 0 Å². The van der Waals surface area contributed by atoms with Crippen molar-refractivity contribution in [1.29, 1.82) is 0 Å². The monoisotopic (exact) mass is 397 g/mol. The van der Waals surface area contributed by atoms with Crippen molar-refractivity contribution < 1.29 is 19.1 Å². The Kier molecular flexibility index (Phi) is 7.82. The smallest absolute Gasteiger partial charge is 0.411 e. The van der Waals surface area contributed by atoms with Crippen LogP contribution < -0.4 is 5.32 Å². The van der Waals surface area contributed by atoms with Crippen molar-refractivity contribution >= 4 is 17.7 Å². The molecule has 0 bridgehead atoms. The molecule has 0 aromatic heterocycles. The number of rotatable bonds is 7. The first-order valence-corrected chi connectivity index (χ1v) is 9.91. The van der Waals surface area contributed by atoms with Crippen LogP contribution in [-0.2, 0) is 33.9 Å². The van der Waals surface area contributed by atoms with Crippen LogP contribution in [0.4, 0.5) is 10.5 Å². The lowest BCUT2D eigenvalue weighted by Crippen LogP contribution is -2.22. The van der Waals surface area contributed by atoms with Gasteiger partial charge in [-0.15, -0.1) is 0 Å². The molecule has 0 unspecified atom stereocenters. The van der Waals surface area contributed by atoms with E-state index in [1.165, 1.54) is 5.56 Å². The molecule has 0 aliphatic heterocycles. The van der Waals surface area contributed by atoms with Crippen molar-refractivity contribution in [3.05, 3.63) is 65.2 Å². The average molecular weight is 398 g/mol. The van der Waals surface area contributed by atoms with Gasteiger partial charge in [-0.05, 0) is 61.9 Å². The zero-order chi connectivity index (χ0) is 21.4. The van der Waals surface area contributed by atoms with Crippen molar-refractivity contribution in [2.45, 2.75) is 54.3 Å². The highest BCUT2D eigenvalue weighted by Crippen LogP contribution is 2.17. The van der Waals surface area contributed by atoms with E-state index in [4.69, 9.17) is 9.47 Å². The number of carbonyl (C=O) groups excluding carboxylic acids is 2. The van der Waals surface area contributed by atoms with Crippen molar-refractivity contribution in [2.75, 3.05) is 5.32 Å². The van der Waals surface area contributed by atoms with Gasteiger partial charge in [0.25, 0.3) is 0 Å². The average Bonchev–Trinajstić information content (AvgIpc) is 2.65. The third-order valence-corrected chi connectivity index (χ3v) is 4.22. The second-order valence-corrected chi connectivity index (χ2v) is 8.64. The number of ether oxygens (including phenoxy) is 2. The van der Waals surface area contributed by atoms with Crippen LogP contribution in [0, 0.1) is 11.3 Å². The SMILES string of the molecule is CC(C)Cc1ccc(COC(=O)Nc2ccc(COC(=O)C(C)(C)C)cc2)cc1. The molecule has 0 saturated carbocycles. The fourth-order valence-electron chi connectivity index (χ4n) is 2.60. The Bertz CT molecular complexity index is 802. The van der Waals surface area contributed by atoms with Crippen LogP contribution in [0.2, 0.25) is 0 Å². The molecule has 2 aromatic rings. The summed E-state index contributed by atoms with van der Waals surface area (Å²) in [6, 6.07) is 15.2. The zero-order valence-corrected chi connectivity index (χ0v) is 18.0. The number of anilines is 1. The number of amides is 1. The van der Waals surface area contributed by atoms with Crippen LogP contribution >= 0.6 is 0 Å². The van der Waals surface area contributed by atoms with Crippen LogP contribution in [0.3, 0.4) is 0 Å². The van der Waals surface area contributed by atoms with Gasteiger partial charge in [-0.25, -0.2) is 4.79 Å². The molecular formula is C24H31NO4. The molecule has 5 heteroatoms. The van der Waals surface area contributed by atoms with Gasteiger partial charge in [0.1, 0.15) is 13.2 Å². The van der Waals surface area contributed by atoms with E-state index in [-0.39, 0.29) is 19.2 Å². The van der Waals surface area contributed by atoms with E-state index < -0.39 is 11.5 Å². The summed E-state index contributed by atoms with van der Waals surface area (Å²) in [7, 11) is 0. The second-order valence-electron chi connectivity index (χ2n) is 8.64. The van der Waals surface area contributed by atoms with Gasteiger partial charge in [0.15, 0.2) is 0 Å². The number of carbonyl (C=O) groups is 2. The predicted molar refractivity (Wildman–Crippen MR) is 114 cm³/mol. The standard InChI is InChI=1S/C24H31NO4/c1-17(2)14-18-6-8-19(9-7-18)16-29-23(27)25-21-12-10-20(11-13-21)15-28-22(26)24(3,4)5/h6-13,17H,14-16H2,1-5H3,(H,25,27). The van der Waals surface area contributed by atoms with Gasteiger partial charge in [-0.1, -0.05) is 50.2 Å². The van der Waals surface area contributed by atoms with E-state index in [0.717, 1.165) is 17.5 Å². The van der Waals surface area contributed by atoms with Gasteiger partial charge >= 0.3 is 12.1 Å². The minimum absolute atomic E-state index is 0.202. The largest absolute Gasteiger partial charge is 0.460 e. The first-order chi connectivity index (χ1) is 13.6. The Morgan fingerprint density at radius 3 is 1.83 bits per heavy atom. The highest BCUT2D eigenvalue weighted by atomic mass is 16.5. The summed E-state index contributed by atoms with van der Waals surface area (Å²) in [5.41, 5.74) is 3.17. The maximum Gasteiger partial charge on any atom is 0.411 e. The van der Waals surface area contributed by atoms with E-state index in [0.29, 0.717) is 11.6 Å². The van der Waals surface area contributed by atoms with Crippen LogP contribution in [0.5, 0.6) is 0 Å². The molecule has 29 heavy (non-hydrogen) atoms. The molecule has 2 rings (SSSR count). The second kappa shape index (κ2) is 10.1. The van der Waals surface area contributed by atoms with Crippen LogP contribution in [0.15, 0.2) is 48.5 Å². The Hall–Kier alpha value is -2.82. The van der Waals surface area contributed by atoms with Gasteiger partial charge in [0.05, 0.1) is 5.41 Å². The van der Waals surface area contributed by atoms with E-state index in [1.807, 2.05) is 32.9 Å². The van der Waals surface area contributed by atoms with E-state index in [9.17, 15) is 9.59 Å². The highest BCUT2D eigenvalue weighted by molar-refractivity contribution is 5.84. The molecule has 0 spiro atoms. The van der Waals surface area contributed by atoms with E-state index >= 15 is 0 Å². The Morgan fingerprint density at radius 2 is 1.31 bits per heavy atom. The molecule has 0 aliphatic carbocycles. The Balaban J connectivity index is 1.78. The van der Waals surface area contributed by atoms with E-state index in [2.05, 4.69) is 31.3 Å². The fraction of sp³-hybridized carbons (Fsp3) is 0.417. The summed E-state index contributed by atoms with van der Waals surface area (Å²) in [5, 5.41) is 2.70. The number of nitrogens with one attached hydrogen (secondary N) is 1. The Morgan fingerprint density at radius 1 is 0.828 bits per heavy atom. The van der Waals surface area contributed by atoms with Gasteiger partial charge in [0.2, 0.25) is 0 Å². The minimum atomic E-state index is -0.528. The lowest BCUT2D eigenvalue weighted by Gasteiger charge is -2.16. The number of hydrogen-bond acceptors (Lipinski definition) is 4. The molecule has 0 fully saturated rings. The number of benzene rings is 2. The first kappa shape index (κ1) is 22.5. The van der Waals surface area contributed by atoms with Crippen molar-refractivity contribution in [2.24, 2.45) is 11.3 Å². The first-order valence-electron chi connectivity index (χ1n) is 9.91. The summed E-state index contributed by atoms with van der Waals surface area (Å²) in [5.74, 6) is 0.361. The lowest BCUT2D eigenvalue weighted by atomic mass is 9.97. The lowest BCUT2D eigenvalue weighted by molar-refractivity contribution is -0.154. The molecule has 0 heterocycles. The predicted octanol–water partition coefficient (Wildman–Crippen LogP) is 5.72. The fourth-order valence-corrected chi connectivity index (χ4v) is 2.60. The third-order valence-electron chi connectivity index (χ3n) is 4.22. The molecule has 0 saturated heterocycles. The molecule has 5 nitrogen and oxygen atoms in total. The van der Waals surface area contributed by atoms with Crippen LogP contribution in [0.25, 0.3) is 0 Å². The number of hydrogen-bond donors (Lipinski definition) is 1.